The minimum atomic E-state index is -3.68. The lowest BCUT2D eigenvalue weighted by Crippen LogP contribution is -2.25. The van der Waals surface area contributed by atoms with Crippen molar-refractivity contribution >= 4 is 27.3 Å². The first-order chi connectivity index (χ1) is 7.49. The fourth-order valence-corrected chi connectivity index (χ4v) is 3.56. The monoisotopic (exact) mass is 263 g/mol. The Morgan fingerprint density at radius 1 is 1.56 bits per heavy atom. The van der Waals surface area contributed by atoms with Gasteiger partial charge in [0.1, 0.15) is 4.21 Å². The van der Waals surface area contributed by atoms with Gasteiger partial charge >= 0.3 is 5.97 Å². The van der Waals surface area contributed by atoms with Crippen molar-refractivity contribution in [3.8, 4) is 0 Å². The third-order valence-corrected chi connectivity index (χ3v) is 4.87. The summed E-state index contributed by atoms with van der Waals surface area (Å²) in [7, 11) is -3.68. The van der Waals surface area contributed by atoms with Crippen LogP contribution in [0.3, 0.4) is 0 Å². The highest BCUT2D eigenvalue weighted by atomic mass is 32.2. The van der Waals surface area contributed by atoms with Crippen molar-refractivity contribution in [2.45, 2.75) is 24.0 Å². The second-order valence-corrected chi connectivity index (χ2v) is 6.06. The van der Waals surface area contributed by atoms with Gasteiger partial charge in [-0.3, -0.25) is 0 Å². The molecule has 0 fully saturated rings. The van der Waals surface area contributed by atoms with Crippen molar-refractivity contribution in [2.24, 2.45) is 0 Å². The van der Waals surface area contributed by atoms with Crippen LogP contribution >= 0.6 is 11.3 Å². The molecule has 0 aliphatic carbocycles. The van der Waals surface area contributed by atoms with Gasteiger partial charge in [0.2, 0.25) is 0 Å². The minimum absolute atomic E-state index is 0.129. The SMILES string of the molecule is CCCCNS(=O)(=O)c1sccc1C(=O)O. The molecule has 0 radical (unpaired) electrons. The summed E-state index contributed by atoms with van der Waals surface area (Å²) >= 11 is 0.912. The van der Waals surface area contributed by atoms with Gasteiger partial charge in [0.25, 0.3) is 10.0 Å². The van der Waals surface area contributed by atoms with Crippen molar-refractivity contribution in [2.75, 3.05) is 6.54 Å². The summed E-state index contributed by atoms with van der Waals surface area (Å²) in [5.74, 6) is -1.22. The standard InChI is InChI=1S/C9H13NO4S2/c1-2-3-5-10-16(13,14)9-7(8(11)12)4-6-15-9/h4,6,10H,2-3,5H2,1H3,(H,11,12). The molecule has 7 heteroatoms. The predicted molar refractivity (Wildman–Crippen MR) is 61.4 cm³/mol. The average Bonchev–Trinajstić information content (AvgIpc) is 2.66. The number of carboxylic acids is 1. The molecule has 0 atom stereocenters. The van der Waals surface area contributed by atoms with E-state index in [9.17, 15) is 13.2 Å². The molecular formula is C9H13NO4S2. The maximum atomic E-state index is 11.7. The zero-order valence-corrected chi connectivity index (χ0v) is 10.4. The Kier molecular flexibility index (Phi) is 4.45. The number of carbonyl (C=O) groups is 1. The van der Waals surface area contributed by atoms with Gasteiger partial charge in [0.05, 0.1) is 5.56 Å². The molecule has 0 saturated carbocycles. The van der Waals surface area contributed by atoms with Crippen LogP contribution in [0, 0.1) is 0 Å². The third kappa shape index (κ3) is 3.03. The Balaban J connectivity index is 2.90. The minimum Gasteiger partial charge on any atom is -0.478 e. The lowest BCUT2D eigenvalue weighted by atomic mass is 10.3. The highest BCUT2D eigenvalue weighted by Crippen LogP contribution is 2.22. The van der Waals surface area contributed by atoms with Gasteiger partial charge in [0.15, 0.2) is 0 Å². The smallest absolute Gasteiger partial charge is 0.337 e. The molecule has 0 saturated heterocycles. The molecule has 90 valence electrons. The number of rotatable bonds is 6. The lowest BCUT2D eigenvalue weighted by molar-refractivity contribution is 0.0693. The highest BCUT2D eigenvalue weighted by Gasteiger charge is 2.23. The first kappa shape index (κ1) is 13.1. The maximum Gasteiger partial charge on any atom is 0.337 e. The van der Waals surface area contributed by atoms with E-state index in [0.717, 1.165) is 24.2 Å². The van der Waals surface area contributed by atoms with Crippen LogP contribution in [-0.4, -0.2) is 26.0 Å². The Morgan fingerprint density at radius 2 is 2.25 bits per heavy atom. The fraction of sp³-hybridized carbons (Fsp3) is 0.444. The molecule has 0 amide bonds. The number of hydrogen-bond acceptors (Lipinski definition) is 4. The number of hydrogen-bond donors (Lipinski definition) is 2. The van der Waals surface area contributed by atoms with Crippen LogP contribution in [-0.2, 0) is 10.0 Å². The van der Waals surface area contributed by atoms with Crippen LogP contribution in [0.25, 0.3) is 0 Å². The van der Waals surface area contributed by atoms with Gasteiger partial charge in [-0.05, 0) is 17.9 Å². The highest BCUT2D eigenvalue weighted by molar-refractivity contribution is 7.91. The molecule has 0 aromatic carbocycles. The Labute approximate surface area is 98.2 Å². The van der Waals surface area contributed by atoms with E-state index in [1.54, 1.807) is 0 Å². The van der Waals surface area contributed by atoms with Crippen molar-refractivity contribution in [3.05, 3.63) is 17.0 Å². The van der Waals surface area contributed by atoms with E-state index in [1.165, 1.54) is 11.4 Å². The maximum absolute atomic E-state index is 11.7. The molecule has 5 nitrogen and oxygen atoms in total. The van der Waals surface area contributed by atoms with E-state index in [-0.39, 0.29) is 9.77 Å². The van der Waals surface area contributed by atoms with Gasteiger partial charge in [0, 0.05) is 6.54 Å². The van der Waals surface area contributed by atoms with E-state index in [0.29, 0.717) is 6.54 Å². The van der Waals surface area contributed by atoms with E-state index in [2.05, 4.69) is 4.72 Å². The van der Waals surface area contributed by atoms with Crippen molar-refractivity contribution < 1.29 is 18.3 Å². The first-order valence-corrected chi connectivity index (χ1v) is 7.15. The summed E-state index contributed by atoms with van der Waals surface area (Å²) in [5, 5.41) is 10.3. The van der Waals surface area contributed by atoms with Crippen molar-refractivity contribution in [1.82, 2.24) is 4.72 Å². The first-order valence-electron chi connectivity index (χ1n) is 4.79. The second kappa shape index (κ2) is 5.42. The molecule has 0 aliphatic heterocycles. The molecule has 0 spiro atoms. The van der Waals surface area contributed by atoms with Gasteiger partial charge < -0.3 is 5.11 Å². The largest absolute Gasteiger partial charge is 0.478 e. The summed E-state index contributed by atoms with van der Waals surface area (Å²) < 4.78 is 25.7. The van der Waals surface area contributed by atoms with Crippen LogP contribution in [0.5, 0.6) is 0 Å². The van der Waals surface area contributed by atoms with Gasteiger partial charge in [-0.2, -0.15) is 0 Å². The molecule has 16 heavy (non-hydrogen) atoms. The number of unbranched alkanes of at least 4 members (excludes halogenated alkanes) is 1. The summed E-state index contributed by atoms with van der Waals surface area (Å²) in [5.41, 5.74) is -0.172. The van der Waals surface area contributed by atoms with Crippen molar-refractivity contribution in [1.29, 1.82) is 0 Å². The molecule has 0 unspecified atom stereocenters. The van der Waals surface area contributed by atoms with E-state index in [1.807, 2.05) is 6.92 Å². The second-order valence-electron chi connectivity index (χ2n) is 3.18. The molecule has 0 bridgehead atoms. The van der Waals surface area contributed by atoms with Crippen LogP contribution in [0.4, 0.5) is 0 Å². The normalized spacial score (nSPS) is 11.6. The quantitative estimate of drug-likeness (QED) is 0.762. The number of sulfonamides is 1. The molecule has 1 heterocycles. The van der Waals surface area contributed by atoms with Gasteiger partial charge in [-0.25, -0.2) is 17.9 Å². The van der Waals surface area contributed by atoms with Crippen LogP contribution in [0.15, 0.2) is 15.7 Å². The number of aromatic carboxylic acids is 1. The van der Waals surface area contributed by atoms with E-state index in [4.69, 9.17) is 5.11 Å². The summed E-state index contributed by atoms with van der Waals surface area (Å²) in [6.07, 6.45) is 1.60. The molecule has 1 aromatic heterocycles. The summed E-state index contributed by atoms with van der Waals surface area (Å²) in [6.45, 7) is 2.28. The summed E-state index contributed by atoms with van der Waals surface area (Å²) in [6, 6.07) is 1.29. The average molecular weight is 263 g/mol. The predicted octanol–water partition coefficient (Wildman–Crippen LogP) is 1.52. The Morgan fingerprint density at radius 3 is 2.81 bits per heavy atom. The molecule has 0 aliphatic rings. The van der Waals surface area contributed by atoms with Crippen LogP contribution in [0.1, 0.15) is 30.1 Å². The number of thiophene rings is 1. The van der Waals surface area contributed by atoms with Crippen LogP contribution < -0.4 is 4.72 Å². The zero-order chi connectivity index (χ0) is 12.2. The Hall–Kier alpha value is -0.920. The topological polar surface area (TPSA) is 83.5 Å². The van der Waals surface area contributed by atoms with Gasteiger partial charge in [-0.1, -0.05) is 13.3 Å². The fourth-order valence-electron chi connectivity index (χ4n) is 1.11. The molecular weight excluding hydrogens is 250 g/mol. The summed E-state index contributed by atoms with van der Waals surface area (Å²) in [4.78, 5) is 10.8. The van der Waals surface area contributed by atoms with Gasteiger partial charge in [-0.15, -0.1) is 11.3 Å². The third-order valence-electron chi connectivity index (χ3n) is 1.93. The number of carboxylic acid groups (broad SMARTS) is 1. The van der Waals surface area contributed by atoms with E-state index < -0.39 is 16.0 Å². The lowest BCUT2D eigenvalue weighted by Gasteiger charge is -2.04. The Bertz CT molecular complexity index is 464. The zero-order valence-electron chi connectivity index (χ0n) is 8.76. The number of nitrogens with one attached hydrogen (secondary N) is 1. The molecule has 1 aromatic rings. The van der Waals surface area contributed by atoms with E-state index >= 15 is 0 Å². The van der Waals surface area contributed by atoms with Crippen LogP contribution in [0.2, 0.25) is 0 Å². The van der Waals surface area contributed by atoms with Crippen molar-refractivity contribution in [3.63, 3.8) is 0 Å². The molecule has 2 N–H and O–H groups in total. The molecule has 1 rings (SSSR count).